The smallest absolute Gasteiger partial charge is 0.466 e. The Hall–Kier alpha value is -2.51. The standard InChI is InChI=1S/C14H13F3N2O3/c1-2-21-13(20)6-10-8-19(9-18-10)11-4-3-5-12(7-11)22-14(15,16)17/h3-5,7-9H,2,6H2,1H3. The lowest BCUT2D eigenvalue weighted by Crippen LogP contribution is -2.17. The highest BCUT2D eigenvalue weighted by Crippen LogP contribution is 2.24. The minimum atomic E-state index is -4.75. The van der Waals surface area contributed by atoms with Crippen molar-refractivity contribution in [3.8, 4) is 11.4 Å². The number of ether oxygens (including phenoxy) is 2. The van der Waals surface area contributed by atoms with Gasteiger partial charge in [0.05, 0.1) is 30.7 Å². The van der Waals surface area contributed by atoms with Crippen LogP contribution in [0.5, 0.6) is 5.75 Å². The average molecular weight is 314 g/mol. The van der Waals surface area contributed by atoms with Crippen LogP contribution in [0.2, 0.25) is 0 Å². The molecule has 1 heterocycles. The number of alkyl halides is 3. The highest BCUT2D eigenvalue weighted by Gasteiger charge is 2.31. The fourth-order valence-corrected chi connectivity index (χ4v) is 1.80. The first kappa shape index (κ1) is 15.9. The van der Waals surface area contributed by atoms with Crippen LogP contribution in [0.3, 0.4) is 0 Å². The minimum Gasteiger partial charge on any atom is -0.466 e. The molecule has 0 aliphatic carbocycles. The van der Waals surface area contributed by atoms with Gasteiger partial charge in [-0.2, -0.15) is 0 Å². The van der Waals surface area contributed by atoms with Crippen molar-refractivity contribution in [2.24, 2.45) is 0 Å². The van der Waals surface area contributed by atoms with Gasteiger partial charge < -0.3 is 14.0 Å². The van der Waals surface area contributed by atoms with E-state index in [0.717, 1.165) is 0 Å². The number of hydrogen-bond acceptors (Lipinski definition) is 4. The van der Waals surface area contributed by atoms with Crippen molar-refractivity contribution in [1.29, 1.82) is 0 Å². The first-order chi connectivity index (χ1) is 10.4. The van der Waals surface area contributed by atoms with Crippen molar-refractivity contribution in [3.63, 3.8) is 0 Å². The Morgan fingerprint density at radius 2 is 2.14 bits per heavy atom. The summed E-state index contributed by atoms with van der Waals surface area (Å²) < 4.78 is 46.8. The van der Waals surface area contributed by atoms with E-state index in [-0.39, 0.29) is 18.8 Å². The van der Waals surface area contributed by atoms with E-state index in [1.165, 1.54) is 29.1 Å². The molecule has 2 rings (SSSR count). The Bertz CT molecular complexity index is 653. The molecule has 5 nitrogen and oxygen atoms in total. The van der Waals surface area contributed by atoms with Gasteiger partial charge in [-0.3, -0.25) is 4.79 Å². The molecule has 0 aliphatic heterocycles. The van der Waals surface area contributed by atoms with Gasteiger partial charge in [-0.15, -0.1) is 13.2 Å². The van der Waals surface area contributed by atoms with Crippen molar-refractivity contribution in [1.82, 2.24) is 9.55 Å². The van der Waals surface area contributed by atoms with E-state index >= 15 is 0 Å². The number of nitrogens with zero attached hydrogens (tertiary/aromatic N) is 2. The number of halogens is 3. The monoisotopic (exact) mass is 314 g/mol. The molecule has 0 fully saturated rings. The average Bonchev–Trinajstić information content (AvgIpc) is 2.85. The van der Waals surface area contributed by atoms with Crippen molar-refractivity contribution in [2.75, 3.05) is 6.61 Å². The van der Waals surface area contributed by atoms with Crippen LogP contribution in [-0.4, -0.2) is 28.5 Å². The molecule has 0 amide bonds. The maximum Gasteiger partial charge on any atom is 0.573 e. The topological polar surface area (TPSA) is 53.4 Å². The lowest BCUT2D eigenvalue weighted by molar-refractivity contribution is -0.274. The summed E-state index contributed by atoms with van der Waals surface area (Å²) in [5.41, 5.74) is 0.893. The summed E-state index contributed by atoms with van der Waals surface area (Å²) in [6, 6.07) is 5.46. The molecule has 2 aromatic rings. The number of hydrogen-bond donors (Lipinski definition) is 0. The number of benzene rings is 1. The van der Waals surface area contributed by atoms with Crippen LogP contribution in [0.1, 0.15) is 12.6 Å². The first-order valence-corrected chi connectivity index (χ1v) is 6.42. The van der Waals surface area contributed by atoms with E-state index in [2.05, 4.69) is 9.72 Å². The maximum absolute atomic E-state index is 12.2. The number of aromatic nitrogens is 2. The second kappa shape index (κ2) is 6.50. The minimum absolute atomic E-state index is 0.000415. The fraction of sp³-hybridized carbons (Fsp3) is 0.286. The van der Waals surface area contributed by atoms with E-state index in [9.17, 15) is 18.0 Å². The molecule has 118 valence electrons. The lowest BCUT2D eigenvalue weighted by atomic mass is 10.3. The third-order valence-electron chi connectivity index (χ3n) is 2.62. The Balaban J connectivity index is 2.13. The van der Waals surface area contributed by atoms with Gasteiger partial charge in [-0.05, 0) is 19.1 Å². The van der Waals surface area contributed by atoms with Crippen LogP contribution in [0, 0.1) is 0 Å². The Morgan fingerprint density at radius 3 is 2.82 bits per heavy atom. The number of rotatable bonds is 5. The SMILES string of the molecule is CCOC(=O)Cc1cn(-c2cccc(OC(F)(F)F)c2)cn1. The van der Waals surface area contributed by atoms with Crippen LogP contribution in [0.4, 0.5) is 13.2 Å². The largest absolute Gasteiger partial charge is 0.573 e. The highest BCUT2D eigenvalue weighted by atomic mass is 19.4. The Labute approximate surface area is 124 Å². The van der Waals surface area contributed by atoms with Gasteiger partial charge in [0.2, 0.25) is 0 Å². The molecule has 0 saturated carbocycles. The predicted octanol–water partition coefficient (Wildman–Crippen LogP) is 2.88. The van der Waals surface area contributed by atoms with Crippen molar-refractivity contribution < 1.29 is 27.4 Å². The quantitative estimate of drug-likeness (QED) is 0.796. The summed E-state index contributed by atoms with van der Waals surface area (Å²) in [6.07, 6.45) is -1.80. The molecule has 0 N–H and O–H groups in total. The number of carbonyl (C=O) groups is 1. The third kappa shape index (κ3) is 4.51. The Kier molecular flexibility index (Phi) is 4.69. The maximum atomic E-state index is 12.2. The summed E-state index contributed by atoms with van der Waals surface area (Å²) in [4.78, 5) is 15.4. The van der Waals surface area contributed by atoms with Gasteiger partial charge in [0.25, 0.3) is 0 Å². The van der Waals surface area contributed by atoms with Crippen LogP contribution >= 0.6 is 0 Å². The molecule has 1 aromatic heterocycles. The predicted molar refractivity (Wildman–Crippen MR) is 70.6 cm³/mol. The van der Waals surface area contributed by atoms with Crippen LogP contribution in [0.25, 0.3) is 5.69 Å². The van der Waals surface area contributed by atoms with Crippen molar-refractivity contribution in [3.05, 3.63) is 42.5 Å². The molecule has 0 radical (unpaired) electrons. The van der Waals surface area contributed by atoms with Crippen LogP contribution < -0.4 is 4.74 Å². The molecule has 0 aliphatic rings. The van der Waals surface area contributed by atoms with Crippen molar-refractivity contribution >= 4 is 5.97 Å². The van der Waals surface area contributed by atoms with E-state index in [1.807, 2.05) is 0 Å². The zero-order valence-electron chi connectivity index (χ0n) is 11.6. The molecular weight excluding hydrogens is 301 g/mol. The molecule has 0 unspecified atom stereocenters. The van der Waals surface area contributed by atoms with Gasteiger partial charge in [0, 0.05) is 12.3 Å². The van der Waals surface area contributed by atoms with E-state index < -0.39 is 12.3 Å². The van der Waals surface area contributed by atoms with Gasteiger partial charge in [-0.1, -0.05) is 6.07 Å². The first-order valence-electron chi connectivity index (χ1n) is 6.42. The molecule has 0 saturated heterocycles. The van der Waals surface area contributed by atoms with Crippen LogP contribution in [-0.2, 0) is 16.0 Å². The van der Waals surface area contributed by atoms with Gasteiger partial charge in [-0.25, -0.2) is 4.98 Å². The molecule has 22 heavy (non-hydrogen) atoms. The molecule has 1 aromatic carbocycles. The fourth-order valence-electron chi connectivity index (χ4n) is 1.80. The third-order valence-corrected chi connectivity index (χ3v) is 2.62. The van der Waals surface area contributed by atoms with E-state index in [4.69, 9.17) is 4.74 Å². The zero-order chi connectivity index (χ0) is 16.2. The summed E-state index contributed by atoms with van der Waals surface area (Å²) in [5.74, 6) is -0.743. The van der Waals surface area contributed by atoms with E-state index in [1.54, 1.807) is 19.2 Å². The summed E-state index contributed by atoms with van der Waals surface area (Å²) >= 11 is 0. The van der Waals surface area contributed by atoms with Gasteiger partial charge in [0.1, 0.15) is 5.75 Å². The highest BCUT2D eigenvalue weighted by molar-refractivity contribution is 5.71. The molecule has 0 bridgehead atoms. The summed E-state index contributed by atoms with van der Waals surface area (Å²) in [6.45, 7) is 1.97. The van der Waals surface area contributed by atoms with Crippen LogP contribution in [0.15, 0.2) is 36.8 Å². The molecular formula is C14H13F3N2O3. The van der Waals surface area contributed by atoms with Gasteiger partial charge in [0.15, 0.2) is 0 Å². The number of esters is 1. The zero-order valence-corrected chi connectivity index (χ0v) is 11.6. The lowest BCUT2D eigenvalue weighted by Gasteiger charge is -2.10. The molecule has 0 atom stereocenters. The second-order valence-electron chi connectivity index (χ2n) is 4.30. The normalized spacial score (nSPS) is 11.3. The second-order valence-corrected chi connectivity index (χ2v) is 4.30. The van der Waals surface area contributed by atoms with Crippen molar-refractivity contribution in [2.45, 2.75) is 19.7 Å². The summed E-state index contributed by atoms with van der Waals surface area (Å²) in [7, 11) is 0. The number of imidazole rings is 1. The van der Waals surface area contributed by atoms with E-state index in [0.29, 0.717) is 11.4 Å². The number of carbonyl (C=O) groups excluding carboxylic acids is 1. The van der Waals surface area contributed by atoms with Gasteiger partial charge >= 0.3 is 12.3 Å². The molecule has 0 spiro atoms. The summed E-state index contributed by atoms with van der Waals surface area (Å²) in [5, 5.41) is 0. The molecule has 8 heteroatoms. The Morgan fingerprint density at radius 1 is 1.36 bits per heavy atom.